The summed E-state index contributed by atoms with van der Waals surface area (Å²) < 4.78 is 0. The number of carboxylic acid groups (broad SMARTS) is 1. The molecule has 2 aromatic carbocycles. The fourth-order valence-electron chi connectivity index (χ4n) is 5.49. The zero-order valence-corrected chi connectivity index (χ0v) is 19.7. The number of hydrogen-bond acceptors (Lipinski definition) is 4. The molecule has 3 N–H and O–H groups in total. The van der Waals surface area contributed by atoms with E-state index >= 15 is 0 Å². The molecule has 0 radical (unpaired) electrons. The van der Waals surface area contributed by atoms with E-state index < -0.39 is 35.7 Å². The molecule has 2 fully saturated rings. The van der Waals surface area contributed by atoms with E-state index in [-0.39, 0.29) is 18.2 Å². The lowest BCUT2D eigenvalue weighted by Crippen LogP contribution is -2.58. The average molecular weight is 492 g/mol. The average Bonchev–Trinajstić information content (AvgIpc) is 3.08. The van der Waals surface area contributed by atoms with Gasteiger partial charge in [-0.15, -0.1) is 0 Å². The molecule has 0 bridgehead atoms. The first-order chi connectivity index (χ1) is 15.6. The Morgan fingerprint density at radius 1 is 1.06 bits per heavy atom. The van der Waals surface area contributed by atoms with Crippen molar-refractivity contribution in [1.82, 2.24) is 4.90 Å². The number of aliphatic hydroxyl groups excluding tert-OH is 2. The van der Waals surface area contributed by atoms with Crippen molar-refractivity contribution in [2.24, 2.45) is 5.41 Å². The number of nitrogens with zero attached hydrogens (tertiary/aromatic N) is 1. The summed E-state index contributed by atoms with van der Waals surface area (Å²) >= 11 is 12.4. The number of aliphatic hydroxyl groups is 2. The molecule has 1 saturated carbocycles. The number of aliphatic carboxylic acids is 1. The third-order valence-electron chi connectivity index (χ3n) is 7.04. The van der Waals surface area contributed by atoms with Crippen LogP contribution in [0.15, 0.2) is 48.5 Å². The second kappa shape index (κ2) is 9.26. The Morgan fingerprint density at radius 3 is 2.33 bits per heavy atom. The lowest BCUT2D eigenvalue weighted by atomic mass is 9.67. The number of halogens is 2. The molecule has 4 rings (SSSR count). The van der Waals surface area contributed by atoms with Crippen molar-refractivity contribution in [2.75, 3.05) is 0 Å². The van der Waals surface area contributed by atoms with Crippen molar-refractivity contribution < 1.29 is 24.9 Å². The fraction of sp³-hybridized carbons (Fsp3) is 0.440. The zero-order valence-electron chi connectivity index (χ0n) is 18.2. The van der Waals surface area contributed by atoms with Crippen LogP contribution >= 0.6 is 23.2 Å². The van der Waals surface area contributed by atoms with Crippen molar-refractivity contribution >= 4 is 35.1 Å². The molecular formula is C25H27Cl2NO5. The molecule has 1 heterocycles. The van der Waals surface area contributed by atoms with E-state index in [0.29, 0.717) is 29.3 Å². The second-order valence-corrected chi connectivity index (χ2v) is 10.3. The van der Waals surface area contributed by atoms with Gasteiger partial charge in [-0.1, -0.05) is 54.4 Å². The molecule has 33 heavy (non-hydrogen) atoms. The Morgan fingerprint density at radius 2 is 1.76 bits per heavy atom. The SMILES string of the molecule is C[C@]1(CC(=O)O)C[C@H](c2cccc(Cl)c2)[C@@H](c2ccc(Cl)cc2)N(C2CC[C@@H](O)[C@H]2O)C1=O. The fourth-order valence-corrected chi connectivity index (χ4v) is 5.81. The highest BCUT2D eigenvalue weighted by molar-refractivity contribution is 6.30. The molecule has 1 amide bonds. The van der Waals surface area contributed by atoms with Crippen LogP contribution in [-0.4, -0.2) is 50.3 Å². The van der Waals surface area contributed by atoms with E-state index in [9.17, 15) is 24.9 Å². The van der Waals surface area contributed by atoms with Gasteiger partial charge in [0.2, 0.25) is 5.91 Å². The minimum Gasteiger partial charge on any atom is -0.481 e. The first-order valence-corrected chi connectivity index (χ1v) is 11.8. The van der Waals surface area contributed by atoms with Crippen LogP contribution in [0.4, 0.5) is 0 Å². The number of amides is 1. The highest BCUT2D eigenvalue weighted by Crippen LogP contribution is 2.53. The van der Waals surface area contributed by atoms with Crippen molar-refractivity contribution in [3.63, 3.8) is 0 Å². The number of likely N-dealkylation sites (tertiary alicyclic amines) is 1. The number of hydrogen-bond donors (Lipinski definition) is 3. The van der Waals surface area contributed by atoms with Crippen LogP contribution in [0.1, 0.15) is 55.7 Å². The van der Waals surface area contributed by atoms with Crippen LogP contribution in [0.5, 0.6) is 0 Å². The van der Waals surface area contributed by atoms with Crippen LogP contribution in [0, 0.1) is 5.41 Å². The van der Waals surface area contributed by atoms with Crippen molar-refractivity contribution in [3.05, 3.63) is 69.7 Å². The summed E-state index contributed by atoms with van der Waals surface area (Å²) in [5.41, 5.74) is 0.517. The minimum absolute atomic E-state index is 0.281. The Bertz CT molecular complexity index is 1050. The van der Waals surface area contributed by atoms with Gasteiger partial charge in [-0.3, -0.25) is 9.59 Å². The summed E-state index contributed by atoms with van der Waals surface area (Å²) in [6, 6.07) is 13.4. The van der Waals surface area contributed by atoms with Gasteiger partial charge in [-0.05, 0) is 54.7 Å². The van der Waals surface area contributed by atoms with Crippen molar-refractivity contribution in [1.29, 1.82) is 0 Å². The largest absolute Gasteiger partial charge is 0.481 e. The molecule has 176 valence electrons. The molecule has 8 heteroatoms. The molecule has 6 nitrogen and oxygen atoms in total. The van der Waals surface area contributed by atoms with E-state index in [1.807, 2.05) is 30.3 Å². The van der Waals surface area contributed by atoms with Crippen LogP contribution in [0.25, 0.3) is 0 Å². The van der Waals surface area contributed by atoms with Crippen LogP contribution in [0.2, 0.25) is 10.0 Å². The summed E-state index contributed by atoms with van der Waals surface area (Å²) in [5.74, 6) is -1.68. The van der Waals surface area contributed by atoms with Gasteiger partial charge >= 0.3 is 5.97 Å². The van der Waals surface area contributed by atoms with E-state index in [1.165, 1.54) is 0 Å². The van der Waals surface area contributed by atoms with E-state index in [4.69, 9.17) is 23.2 Å². The third-order valence-corrected chi connectivity index (χ3v) is 7.52. The summed E-state index contributed by atoms with van der Waals surface area (Å²) in [6.07, 6.45) is -1.31. The molecule has 1 saturated heterocycles. The predicted molar refractivity (Wildman–Crippen MR) is 125 cm³/mol. The van der Waals surface area contributed by atoms with E-state index in [2.05, 4.69) is 0 Å². The van der Waals surface area contributed by atoms with Crippen LogP contribution in [-0.2, 0) is 9.59 Å². The van der Waals surface area contributed by atoms with Crippen molar-refractivity contribution in [2.45, 2.75) is 62.8 Å². The van der Waals surface area contributed by atoms with Gasteiger partial charge in [0.15, 0.2) is 0 Å². The molecule has 2 aromatic rings. The minimum atomic E-state index is -1.19. The molecule has 1 aliphatic carbocycles. The van der Waals surface area contributed by atoms with Gasteiger partial charge in [0.1, 0.15) is 6.10 Å². The maximum atomic E-state index is 13.9. The second-order valence-electron chi connectivity index (χ2n) is 9.41. The normalized spacial score (nSPS) is 32.2. The Hall–Kier alpha value is -2.12. The zero-order chi connectivity index (χ0) is 23.9. The number of carboxylic acids is 1. The van der Waals surface area contributed by atoms with Gasteiger partial charge < -0.3 is 20.2 Å². The summed E-state index contributed by atoms with van der Waals surface area (Å²) in [4.78, 5) is 27.3. The molecule has 0 aromatic heterocycles. The number of carbonyl (C=O) groups excluding carboxylic acids is 1. The first kappa shape index (κ1) is 24.0. The molecule has 2 aliphatic rings. The summed E-state index contributed by atoms with van der Waals surface area (Å²) in [5, 5.41) is 31.8. The summed E-state index contributed by atoms with van der Waals surface area (Å²) in [7, 11) is 0. The molecule has 6 atom stereocenters. The van der Waals surface area contributed by atoms with Gasteiger partial charge in [-0.2, -0.15) is 0 Å². The molecule has 1 aliphatic heterocycles. The molecule has 1 unspecified atom stereocenters. The number of carbonyl (C=O) groups is 2. The third kappa shape index (κ3) is 4.62. The number of benzene rings is 2. The van der Waals surface area contributed by atoms with Crippen LogP contribution in [0.3, 0.4) is 0 Å². The monoisotopic (exact) mass is 491 g/mol. The lowest BCUT2D eigenvalue weighted by molar-refractivity contribution is -0.163. The molecule has 0 spiro atoms. The summed E-state index contributed by atoms with van der Waals surface area (Å²) in [6.45, 7) is 1.67. The highest BCUT2D eigenvalue weighted by Gasteiger charge is 2.54. The van der Waals surface area contributed by atoms with Gasteiger partial charge in [0.05, 0.1) is 30.0 Å². The van der Waals surface area contributed by atoms with Crippen molar-refractivity contribution in [3.8, 4) is 0 Å². The smallest absolute Gasteiger partial charge is 0.304 e. The predicted octanol–water partition coefficient (Wildman–Crippen LogP) is 4.42. The molecular weight excluding hydrogens is 465 g/mol. The van der Waals surface area contributed by atoms with E-state index in [0.717, 1.165) is 11.1 Å². The maximum absolute atomic E-state index is 13.9. The Labute approximate surface area is 202 Å². The van der Waals surface area contributed by atoms with E-state index in [1.54, 1.807) is 30.0 Å². The highest BCUT2D eigenvalue weighted by atomic mass is 35.5. The first-order valence-electron chi connectivity index (χ1n) is 11.0. The standard InChI is InChI=1S/C25H27Cl2NO5/c1-25(13-21(30)31)12-18(15-3-2-4-17(27)11-15)22(14-5-7-16(26)8-6-14)28(24(25)33)19-9-10-20(29)23(19)32/h2-8,11,18-20,22-23,29,32H,9-10,12-13H2,1H3,(H,30,31)/t18-,19?,20-,22-,23+,25-/m1/s1. The topological polar surface area (TPSA) is 98.1 Å². The maximum Gasteiger partial charge on any atom is 0.304 e. The number of piperidine rings is 1. The lowest BCUT2D eigenvalue weighted by Gasteiger charge is -2.52. The van der Waals surface area contributed by atoms with Gasteiger partial charge in [0, 0.05) is 16.0 Å². The van der Waals surface area contributed by atoms with Gasteiger partial charge in [0.25, 0.3) is 0 Å². The quantitative estimate of drug-likeness (QED) is 0.574. The Balaban J connectivity index is 1.90. The van der Waals surface area contributed by atoms with Gasteiger partial charge in [-0.25, -0.2) is 0 Å². The number of rotatable bonds is 5. The van der Waals surface area contributed by atoms with Crippen LogP contribution < -0.4 is 0 Å². The Kier molecular flexibility index (Phi) is 6.74.